The number of pyridine rings is 1. The Morgan fingerprint density at radius 3 is 2.63 bits per heavy atom. The number of nitrogens with zero attached hydrogens (tertiary/aromatic N) is 2. The van der Waals surface area contributed by atoms with Gasteiger partial charge >= 0.3 is 0 Å². The second-order valence-electron chi connectivity index (χ2n) is 4.71. The van der Waals surface area contributed by atoms with Crippen LogP contribution in [0.2, 0.25) is 0 Å². The molecule has 0 spiro atoms. The number of anilines is 2. The molecule has 4 heteroatoms. The number of hydrogen-bond acceptors (Lipinski definition) is 4. The van der Waals surface area contributed by atoms with Crippen LogP contribution in [0.5, 0.6) is 0 Å². The first kappa shape index (κ1) is 15.8. The molecule has 0 saturated carbocycles. The summed E-state index contributed by atoms with van der Waals surface area (Å²) < 4.78 is 0. The maximum Gasteiger partial charge on any atom is 0.127 e. The van der Waals surface area contributed by atoms with Crippen LogP contribution in [-0.4, -0.2) is 35.8 Å². The Morgan fingerprint density at radius 1 is 1.32 bits per heavy atom. The summed E-state index contributed by atoms with van der Waals surface area (Å²) in [4.78, 5) is 6.61. The van der Waals surface area contributed by atoms with E-state index < -0.39 is 0 Å². The SMILES string of the molecule is CCCNc1cc(N(CCO)C(CC)CC)ccn1. The van der Waals surface area contributed by atoms with Crippen molar-refractivity contribution in [3.63, 3.8) is 0 Å². The lowest BCUT2D eigenvalue weighted by Gasteiger charge is -2.32. The van der Waals surface area contributed by atoms with Crippen molar-refractivity contribution >= 4 is 11.5 Å². The minimum atomic E-state index is 0.177. The van der Waals surface area contributed by atoms with E-state index in [9.17, 15) is 5.11 Å². The summed E-state index contributed by atoms with van der Waals surface area (Å²) in [6.07, 6.45) is 5.08. The summed E-state index contributed by atoms with van der Waals surface area (Å²) in [6, 6.07) is 4.56. The molecule has 1 aromatic rings. The molecule has 1 heterocycles. The zero-order valence-corrected chi connectivity index (χ0v) is 12.4. The van der Waals surface area contributed by atoms with Crippen LogP contribution in [0.3, 0.4) is 0 Å². The summed E-state index contributed by atoms with van der Waals surface area (Å²) >= 11 is 0. The van der Waals surface area contributed by atoms with Crippen LogP contribution in [0.4, 0.5) is 11.5 Å². The van der Waals surface area contributed by atoms with Gasteiger partial charge in [0.05, 0.1) is 6.61 Å². The number of hydrogen-bond donors (Lipinski definition) is 2. The molecule has 0 radical (unpaired) electrons. The molecule has 0 aliphatic rings. The Hall–Kier alpha value is -1.29. The topological polar surface area (TPSA) is 48.4 Å². The smallest absolute Gasteiger partial charge is 0.127 e. The third kappa shape index (κ3) is 4.71. The van der Waals surface area contributed by atoms with Gasteiger partial charge in [-0.3, -0.25) is 0 Å². The van der Waals surface area contributed by atoms with Crippen LogP contribution >= 0.6 is 0 Å². The molecule has 0 aromatic carbocycles. The molecule has 0 atom stereocenters. The lowest BCUT2D eigenvalue weighted by Crippen LogP contribution is -2.36. The first-order valence-electron chi connectivity index (χ1n) is 7.34. The fraction of sp³-hybridized carbons (Fsp3) is 0.667. The molecule has 0 unspecified atom stereocenters. The van der Waals surface area contributed by atoms with E-state index in [-0.39, 0.29) is 6.61 Å². The van der Waals surface area contributed by atoms with E-state index in [4.69, 9.17) is 0 Å². The number of aliphatic hydroxyl groups excluding tert-OH is 1. The van der Waals surface area contributed by atoms with E-state index in [1.807, 2.05) is 12.3 Å². The summed E-state index contributed by atoms with van der Waals surface area (Å²) in [5, 5.41) is 12.6. The van der Waals surface area contributed by atoms with Crippen molar-refractivity contribution in [2.45, 2.75) is 46.1 Å². The first-order valence-corrected chi connectivity index (χ1v) is 7.34. The fourth-order valence-electron chi connectivity index (χ4n) is 2.31. The highest BCUT2D eigenvalue weighted by molar-refractivity contribution is 5.54. The Bertz CT molecular complexity index is 353. The van der Waals surface area contributed by atoms with Gasteiger partial charge in [0.1, 0.15) is 5.82 Å². The van der Waals surface area contributed by atoms with Gasteiger partial charge in [0.2, 0.25) is 0 Å². The Kier molecular flexibility index (Phi) is 7.26. The summed E-state index contributed by atoms with van der Waals surface area (Å²) in [5.74, 6) is 0.910. The van der Waals surface area contributed by atoms with E-state index >= 15 is 0 Å². The molecule has 1 rings (SSSR count). The van der Waals surface area contributed by atoms with Gasteiger partial charge in [0.15, 0.2) is 0 Å². The second kappa shape index (κ2) is 8.75. The van der Waals surface area contributed by atoms with Crippen molar-refractivity contribution in [2.75, 3.05) is 29.9 Å². The van der Waals surface area contributed by atoms with Gasteiger partial charge in [-0.2, -0.15) is 0 Å². The normalized spacial score (nSPS) is 10.8. The van der Waals surface area contributed by atoms with Crippen molar-refractivity contribution in [1.82, 2.24) is 4.98 Å². The molecule has 0 amide bonds. The molecular formula is C15H27N3O. The van der Waals surface area contributed by atoms with Gasteiger partial charge in [-0.15, -0.1) is 0 Å². The van der Waals surface area contributed by atoms with E-state index in [0.717, 1.165) is 37.3 Å². The Labute approximate surface area is 116 Å². The van der Waals surface area contributed by atoms with Gasteiger partial charge in [0, 0.05) is 37.1 Å². The van der Waals surface area contributed by atoms with Crippen molar-refractivity contribution in [2.24, 2.45) is 0 Å². The molecule has 1 aromatic heterocycles. The molecule has 0 fully saturated rings. The highest BCUT2D eigenvalue weighted by atomic mass is 16.3. The lowest BCUT2D eigenvalue weighted by atomic mass is 10.1. The Balaban J connectivity index is 2.88. The predicted octanol–water partition coefficient (Wildman–Crippen LogP) is 2.89. The summed E-state index contributed by atoms with van der Waals surface area (Å²) in [7, 11) is 0. The number of aromatic nitrogens is 1. The molecule has 108 valence electrons. The maximum atomic E-state index is 9.28. The highest BCUT2D eigenvalue weighted by Crippen LogP contribution is 2.22. The van der Waals surface area contributed by atoms with Gasteiger partial charge in [-0.1, -0.05) is 20.8 Å². The van der Waals surface area contributed by atoms with Crippen molar-refractivity contribution in [3.05, 3.63) is 18.3 Å². The van der Waals surface area contributed by atoms with Crippen LogP contribution in [0.25, 0.3) is 0 Å². The minimum absolute atomic E-state index is 0.177. The lowest BCUT2D eigenvalue weighted by molar-refractivity contribution is 0.296. The van der Waals surface area contributed by atoms with Crippen molar-refractivity contribution < 1.29 is 5.11 Å². The van der Waals surface area contributed by atoms with Crippen LogP contribution in [0, 0.1) is 0 Å². The third-order valence-electron chi connectivity index (χ3n) is 3.36. The van der Waals surface area contributed by atoms with Gasteiger partial charge in [-0.25, -0.2) is 4.98 Å². The zero-order chi connectivity index (χ0) is 14.1. The largest absolute Gasteiger partial charge is 0.395 e. The van der Waals surface area contributed by atoms with Crippen LogP contribution in [-0.2, 0) is 0 Å². The van der Waals surface area contributed by atoms with Gasteiger partial charge < -0.3 is 15.3 Å². The highest BCUT2D eigenvalue weighted by Gasteiger charge is 2.15. The molecule has 4 nitrogen and oxygen atoms in total. The quantitative estimate of drug-likeness (QED) is 0.721. The molecule has 0 saturated heterocycles. The Morgan fingerprint density at radius 2 is 2.05 bits per heavy atom. The van der Waals surface area contributed by atoms with Crippen LogP contribution in [0.15, 0.2) is 18.3 Å². The van der Waals surface area contributed by atoms with Crippen LogP contribution < -0.4 is 10.2 Å². The predicted molar refractivity (Wildman–Crippen MR) is 81.8 cm³/mol. The third-order valence-corrected chi connectivity index (χ3v) is 3.36. The monoisotopic (exact) mass is 265 g/mol. The summed E-state index contributed by atoms with van der Waals surface area (Å²) in [5.41, 5.74) is 1.14. The number of rotatable bonds is 9. The van der Waals surface area contributed by atoms with Gasteiger partial charge in [-0.05, 0) is 25.3 Å². The molecule has 0 aliphatic heterocycles. The van der Waals surface area contributed by atoms with Crippen molar-refractivity contribution in [3.8, 4) is 0 Å². The summed E-state index contributed by atoms with van der Waals surface area (Å²) in [6.45, 7) is 8.30. The maximum absolute atomic E-state index is 9.28. The van der Waals surface area contributed by atoms with E-state index in [1.54, 1.807) is 0 Å². The average Bonchev–Trinajstić information content (AvgIpc) is 2.45. The zero-order valence-electron chi connectivity index (χ0n) is 12.4. The average molecular weight is 265 g/mol. The molecule has 2 N–H and O–H groups in total. The van der Waals surface area contributed by atoms with Crippen molar-refractivity contribution in [1.29, 1.82) is 0 Å². The molecule has 0 aliphatic carbocycles. The first-order chi connectivity index (χ1) is 9.26. The molecule has 19 heavy (non-hydrogen) atoms. The minimum Gasteiger partial charge on any atom is -0.395 e. The van der Waals surface area contributed by atoms with Gasteiger partial charge in [0.25, 0.3) is 0 Å². The van der Waals surface area contributed by atoms with Crippen LogP contribution in [0.1, 0.15) is 40.0 Å². The number of aliphatic hydroxyl groups is 1. The van der Waals surface area contributed by atoms with E-state index in [1.165, 1.54) is 0 Å². The van der Waals surface area contributed by atoms with E-state index in [0.29, 0.717) is 12.6 Å². The molecular weight excluding hydrogens is 238 g/mol. The second-order valence-corrected chi connectivity index (χ2v) is 4.71. The number of nitrogens with one attached hydrogen (secondary N) is 1. The standard InChI is InChI=1S/C15H27N3O/c1-4-8-16-15-12-14(7-9-17-15)18(10-11-19)13(5-2)6-3/h7,9,12-13,19H,4-6,8,10-11H2,1-3H3,(H,16,17). The van der Waals surface area contributed by atoms with E-state index in [2.05, 4.69) is 42.0 Å². The molecule has 0 bridgehead atoms. The fourth-order valence-corrected chi connectivity index (χ4v) is 2.31.